The standard InChI is InChI=1S/C16H22N4OS/c1-11(2)13-10-22-15(18-13)12-5-4-8-20(9-12)16-17-7-6-14(19-16)21-3/h6-7,10-12H,4-5,8-9H2,1-3H3. The van der Waals surface area contributed by atoms with Crippen LogP contribution in [0, 0.1) is 0 Å². The zero-order valence-electron chi connectivity index (χ0n) is 13.3. The highest BCUT2D eigenvalue weighted by Crippen LogP contribution is 2.32. The van der Waals surface area contributed by atoms with Crippen LogP contribution in [0.3, 0.4) is 0 Å². The van der Waals surface area contributed by atoms with Gasteiger partial charge in [0.25, 0.3) is 0 Å². The number of aromatic nitrogens is 3. The second-order valence-corrected chi connectivity index (χ2v) is 6.84. The van der Waals surface area contributed by atoms with Gasteiger partial charge in [-0.25, -0.2) is 9.97 Å². The lowest BCUT2D eigenvalue weighted by molar-refractivity contribution is 0.395. The highest BCUT2D eigenvalue weighted by molar-refractivity contribution is 7.09. The van der Waals surface area contributed by atoms with Crippen LogP contribution in [0.15, 0.2) is 17.6 Å². The molecule has 1 aliphatic rings. The van der Waals surface area contributed by atoms with Crippen LogP contribution >= 0.6 is 11.3 Å². The Kier molecular flexibility index (Phi) is 4.57. The molecule has 0 aromatic carbocycles. The van der Waals surface area contributed by atoms with Crippen molar-refractivity contribution in [1.29, 1.82) is 0 Å². The number of methoxy groups -OCH3 is 1. The number of thiazole rings is 1. The molecule has 0 aliphatic carbocycles. The Hall–Kier alpha value is -1.69. The molecule has 1 aliphatic heterocycles. The van der Waals surface area contributed by atoms with Crippen molar-refractivity contribution in [1.82, 2.24) is 15.0 Å². The second-order valence-electron chi connectivity index (χ2n) is 5.95. The molecule has 3 heterocycles. The Morgan fingerprint density at radius 2 is 2.23 bits per heavy atom. The van der Waals surface area contributed by atoms with Gasteiger partial charge in [0.05, 0.1) is 17.8 Å². The van der Waals surface area contributed by atoms with Crippen molar-refractivity contribution >= 4 is 17.3 Å². The van der Waals surface area contributed by atoms with E-state index in [1.165, 1.54) is 17.1 Å². The summed E-state index contributed by atoms with van der Waals surface area (Å²) in [6, 6.07) is 1.78. The molecule has 22 heavy (non-hydrogen) atoms. The van der Waals surface area contributed by atoms with Gasteiger partial charge in [-0.1, -0.05) is 13.8 Å². The first kappa shape index (κ1) is 15.2. The molecule has 1 saturated heterocycles. The van der Waals surface area contributed by atoms with Crippen LogP contribution in [0.5, 0.6) is 5.88 Å². The molecule has 0 N–H and O–H groups in total. The fraction of sp³-hybridized carbons (Fsp3) is 0.562. The number of rotatable bonds is 4. The van der Waals surface area contributed by atoms with Crippen molar-refractivity contribution in [2.75, 3.05) is 25.1 Å². The van der Waals surface area contributed by atoms with Crippen LogP contribution in [0.2, 0.25) is 0 Å². The first-order valence-corrected chi connectivity index (χ1v) is 8.62. The Morgan fingerprint density at radius 3 is 2.95 bits per heavy atom. The third kappa shape index (κ3) is 3.21. The van der Waals surface area contributed by atoms with Crippen molar-refractivity contribution in [3.05, 3.63) is 28.3 Å². The normalized spacial score (nSPS) is 18.7. The number of ether oxygens (including phenoxy) is 1. The lowest BCUT2D eigenvalue weighted by atomic mass is 9.99. The molecule has 0 radical (unpaired) electrons. The predicted molar refractivity (Wildman–Crippen MR) is 89.0 cm³/mol. The molecule has 0 spiro atoms. The van der Waals surface area contributed by atoms with E-state index in [1.54, 1.807) is 30.7 Å². The molecule has 5 nitrogen and oxygen atoms in total. The molecule has 2 aromatic rings. The third-order valence-corrected chi connectivity index (χ3v) is 5.04. The summed E-state index contributed by atoms with van der Waals surface area (Å²) < 4.78 is 5.20. The maximum absolute atomic E-state index is 5.20. The molecule has 0 amide bonds. The van der Waals surface area contributed by atoms with Gasteiger partial charge in [-0.15, -0.1) is 11.3 Å². The summed E-state index contributed by atoms with van der Waals surface area (Å²) in [6.45, 7) is 6.30. The summed E-state index contributed by atoms with van der Waals surface area (Å²) in [7, 11) is 1.63. The monoisotopic (exact) mass is 318 g/mol. The van der Waals surface area contributed by atoms with Gasteiger partial charge < -0.3 is 9.64 Å². The van der Waals surface area contributed by atoms with E-state index in [0.717, 1.165) is 25.5 Å². The van der Waals surface area contributed by atoms with E-state index in [0.29, 0.717) is 17.7 Å². The average molecular weight is 318 g/mol. The summed E-state index contributed by atoms with van der Waals surface area (Å²) in [5.41, 5.74) is 1.20. The Labute approximate surface area is 135 Å². The molecule has 1 fully saturated rings. The minimum atomic E-state index is 0.473. The first-order valence-electron chi connectivity index (χ1n) is 7.74. The topological polar surface area (TPSA) is 51.1 Å². The minimum Gasteiger partial charge on any atom is -0.481 e. The highest BCUT2D eigenvalue weighted by Gasteiger charge is 2.25. The van der Waals surface area contributed by atoms with E-state index < -0.39 is 0 Å². The molecule has 0 saturated carbocycles. The number of nitrogens with zero attached hydrogens (tertiary/aromatic N) is 4. The quantitative estimate of drug-likeness (QED) is 0.864. The van der Waals surface area contributed by atoms with Crippen molar-refractivity contribution in [3.63, 3.8) is 0 Å². The maximum atomic E-state index is 5.20. The molecule has 6 heteroatoms. The van der Waals surface area contributed by atoms with E-state index >= 15 is 0 Å². The van der Waals surface area contributed by atoms with Gasteiger partial charge in [-0.2, -0.15) is 4.98 Å². The maximum Gasteiger partial charge on any atom is 0.228 e. The Bertz CT molecular complexity index is 628. The number of hydrogen-bond acceptors (Lipinski definition) is 6. The largest absolute Gasteiger partial charge is 0.481 e. The van der Waals surface area contributed by atoms with E-state index in [2.05, 4.69) is 34.1 Å². The minimum absolute atomic E-state index is 0.473. The Morgan fingerprint density at radius 1 is 1.36 bits per heavy atom. The van der Waals surface area contributed by atoms with E-state index in [9.17, 15) is 0 Å². The second kappa shape index (κ2) is 6.60. The molecule has 1 atom stereocenters. The van der Waals surface area contributed by atoms with E-state index in [-0.39, 0.29) is 0 Å². The van der Waals surface area contributed by atoms with Crippen LogP contribution in [0.25, 0.3) is 0 Å². The summed E-state index contributed by atoms with van der Waals surface area (Å²) >= 11 is 1.79. The van der Waals surface area contributed by atoms with Gasteiger partial charge >= 0.3 is 0 Å². The molecule has 2 aromatic heterocycles. The zero-order valence-corrected chi connectivity index (χ0v) is 14.1. The van der Waals surface area contributed by atoms with E-state index in [4.69, 9.17) is 9.72 Å². The number of hydrogen-bond donors (Lipinski definition) is 0. The summed E-state index contributed by atoms with van der Waals surface area (Å²) in [4.78, 5) is 15.9. The van der Waals surface area contributed by atoms with Crippen LogP contribution in [0.4, 0.5) is 5.95 Å². The summed E-state index contributed by atoms with van der Waals surface area (Å²) in [5, 5.41) is 3.44. The lowest BCUT2D eigenvalue weighted by Crippen LogP contribution is -2.35. The predicted octanol–water partition coefficient (Wildman–Crippen LogP) is 3.45. The first-order chi connectivity index (χ1) is 10.7. The van der Waals surface area contributed by atoms with Crippen LogP contribution in [-0.4, -0.2) is 35.2 Å². The molecular weight excluding hydrogens is 296 g/mol. The number of anilines is 1. The Balaban J connectivity index is 1.75. The van der Waals surface area contributed by atoms with Crippen LogP contribution in [0.1, 0.15) is 49.2 Å². The van der Waals surface area contributed by atoms with Gasteiger partial charge in [0.2, 0.25) is 11.8 Å². The number of piperidine rings is 1. The molecule has 1 unspecified atom stereocenters. The smallest absolute Gasteiger partial charge is 0.228 e. The fourth-order valence-corrected chi connectivity index (χ4v) is 3.82. The third-order valence-electron chi connectivity index (χ3n) is 4.01. The van der Waals surface area contributed by atoms with E-state index in [1.807, 2.05) is 0 Å². The van der Waals surface area contributed by atoms with Gasteiger partial charge in [0, 0.05) is 36.7 Å². The molecule has 3 rings (SSSR count). The highest BCUT2D eigenvalue weighted by atomic mass is 32.1. The molecule has 0 bridgehead atoms. The van der Waals surface area contributed by atoms with Crippen molar-refractivity contribution < 1.29 is 4.74 Å². The van der Waals surface area contributed by atoms with Crippen molar-refractivity contribution in [3.8, 4) is 5.88 Å². The van der Waals surface area contributed by atoms with Gasteiger partial charge in [0.15, 0.2) is 0 Å². The lowest BCUT2D eigenvalue weighted by Gasteiger charge is -2.31. The van der Waals surface area contributed by atoms with Gasteiger partial charge in [0.1, 0.15) is 0 Å². The average Bonchev–Trinajstić information content (AvgIpc) is 3.05. The molecular formula is C16H22N4OS. The fourth-order valence-electron chi connectivity index (χ4n) is 2.71. The van der Waals surface area contributed by atoms with Gasteiger partial charge in [-0.3, -0.25) is 0 Å². The zero-order chi connectivity index (χ0) is 15.5. The van der Waals surface area contributed by atoms with Crippen LogP contribution in [-0.2, 0) is 0 Å². The SMILES string of the molecule is COc1ccnc(N2CCCC(c3nc(C(C)C)cs3)C2)n1. The van der Waals surface area contributed by atoms with Crippen molar-refractivity contribution in [2.45, 2.75) is 38.5 Å². The van der Waals surface area contributed by atoms with Crippen molar-refractivity contribution in [2.24, 2.45) is 0 Å². The molecule has 118 valence electrons. The van der Waals surface area contributed by atoms with Crippen LogP contribution < -0.4 is 9.64 Å². The van der Waals surface area contributed by atoms with Gasteiger partial charge in [-0.05, 0) is 18.8 Å². The summed E-state index contributed by atoms with van der Waals surface area (Å²) in [5.74, 6) is 2.33. The summed E-state index contributed by atoms with van der Waals surface area (Å²) in [6.07, 6.45) is 4.08.